The summed E-state index contributed by atoms with van der Waals surface area (Å²) in [6.45, 7) is 6.43. The van der Waals surface area contributed by atoms with E-state index in [1.54, 1.807) is 0 Å². The number of hydrogen-bond donors (Lipinski definition) is 1. The van der Waals surface area contributed by atoms with E-state index in [0.717, 1.165) is 67.7 Å². The number of hydrogen-bond acceptors (Lipinski definition) is 6. The molecule has 0 saturated carbocycles. The van der Waals surface area contributed by atoms with Crippen molar-refractivity contribution in [2.45, 2.75) is 26.3 Å². The van der Waals surface area contributed by atoms with Crippen LogP contribution in [0.1, 0.15) is 24.7 Å². The smallest absolute Gasteiger partial charge is 0.257 e. The predicted molar refractivity (Wildman–Crippen MR) is 122 cm³/mol. The molecule has 162 valence electrons. The van der Waals surface area contributed by atoms with Gasteiger partial charge in [0.05, 0.1) is 0 Å². The summed E-state index contributed by atoms with van der Waals surface area (Å²) in [7, 11) is 1.83. The Morgan fingerprint density at radius 1 is 1.13 bits per heavy atom. The highest BCUT2D eigenvalue weighted by molar-refractivity contribution is 5.80. The molecule has 1 aliphatic heterocycles. The summed E-state index contributed by atoms with van der Waals surface area (Å²) < 4.78 is 5.42. The maximum absolute atomic E-state index is 5.42. The molecule has 1 aromatic carbocycles. The first-order valence-corrected chi connectivity index (χ1v) is 10.8. The number of nitrogens with one attached hydrogen (secondary N) is 1. The van der Waals surface area contributed by atoms with Crippen molar-refractivity contribution in [2.75, 3.05) is 38.1 Å². The van der Waals surface area contributed by atoms with Crippen molar-refractivity contribution in [1.29, 1.82) is 0 Å². The lowest BCUT2D eigenvalue weighted by Crippen LogP contribution is -2.52. The summed E-state index contributed by atoms with van der Waals surface area (Å²) in [5.41, 5.74) is 2.08. The van der Waals surface area contributed by atoms with Crippen LogP contribution in [-0.2, 0) is 13.0 Å². The second kappa shape index (κ2) is 10.1. The molecular formula is C23H29N7O. The van der Waals surface area contributed by atoms with Crippen molar-refractivity contribution in [3.8, 4) is 11.5 Å². The Balaban J connectivity index is 1.34. The number of piperazine rings is 1. The third-order valence-corrected chi connectivity index (χ3v) is 5.33. The number of benzene rings is 1. The minimum absolute atomic E-state index is 0.570. The Bertz CT molecular complexity index is 994. The van der Waals surface area contributed by atoms with Gasteiger partial charge < -0.3 is 19.6 Å². The number of rotatable bonds is 6. The molecule has 0 radical (unpaired) electrons. The molecular weight excluding hydrogens is 390 g/mol. The third-order valence-electron chi connectivity index (χ3n) is 5.33. The number of guanidine groups is 1. The van der Waals surface area contributed by atoms with Crippen LogP contribution < -0.4 is 10.2 Å². The standard InChI is InChI=1S/C23H29N7O/c1-3-7-20-27-22(31-28-20)19-9-6-8-18(16-19)17-26-23(24-2)30-14-12-29(13-15-30)21-10-4-5-11-25-21/h4-6,8-11,16H,3,7,12-15,17H2,1-2H3,(H,24,26). The van der Waals surface area contributed by atoms with Crippen molar-refractivity contribution < 1.29 is 4.52 Å². The zero-order chi connectivity index (χ0) is 21.5. The average Bonchev–Trinajstić information content (AvgIpc) is 3.30. The quantitative estimate of drug-likeness (QED) is 0.486. The van der Waals surface area contributed by atoms with E-state index < -0.39 is 0 Å². The fourth-order valence-electron chi connectivity index (χ4n) is 3.71. The Kier molecular flexibility index (Phi) is 6.76. The first-order chi connectivity index (χ1) is 15.3. The van der Waals surface area contributed by atoms with Crippen LogP contribution in [-0.4, -0.2) is 59.2 Å². The van der Waals surface area contributed by atoms with Crippen molar-refractivity contribution >= 4 is 11.8 Å². The molecule has 0 spiro atoms. The number of aliphatic imine (C=N–C) groups is 1. The van der Waals surface area contributed by atoms with Gasteiger partial charge in [-0.1, -0.05) is 30.3 Å². The number of aromatic nitrogens is 3. The first-order valence-electron chi connectivity index (χ1n) is 10.8. The van der Waals surface area contributed by atoms with Gasteiger partial charge in [0.1, 0.15) is 5.82 Å². The van der Waals surface area contributed by atoms with E-state index in [1.807, 2.05) is 37.5 Å². The molecule has 0 atom stereocenters. The lowest BCUT2D eigenvalue weighted by molar-refractivity contribution is 0.371. The van der Waals surface area contributed by atoms with Gasteiger partial charge >= 0.3 is 0 Å². The van der Waals surface area contributed by atoms with Gasteiger partial charge in [0, 0.05) is 58.0 Å². The van der Waals surface area contributed by atoms with Crippen LogP contribution in [0.5, 0.6) is 0 Å². The van der Waals surface area contributed by atoms with Gasteiger partial charge in [-0.25, -0.2) is 4.98 Å². The third kappa shape index (κ3) is 5.20. The van der Waals surface area contributed by atoms with Gasteiger partial charge in [-0.05, 0) is 36.2 Å². The molecule has 3 heterocycles. The maximum Gasteiger partial charge on any atom is 0.257 e. The van der Waals surface area contributed by atoms with Crippen LogP contribution in [0.25, 0.3) is 11.5 Å². The largest absolute Gasteiger partial charge is 0.353 e. The minimum Gasteiger partial charge on any atom is -0.353 e. The van der Waals surface area contributed by atoms with E-state index in [4.69, 9.17) is 4.52 Å². The second-order valence-electron chi connectivity index (χ2n) is 7.53. The van der Waals surface area contributed by atoms with Gasteiger partial charge in [-0.3, -0.25) is 4.99 Å². The Morgan fingerprint density at radius 2 is 2.00 bits per heavy atom. The molecule has 1 fully saturated rings. The Labute approximate surface area is 183 Å². The van der Waals surface area contributed by atoms with Crippen LogP contribution >= 0.6 is 0 Å². The molecule has 0 aliphatic carbocycles. The van der Waals surface area contributed by atoms with Gasteiger partial charge in [-0.15, -0.1) is 0 Å². The average molecular weight is 420 g/mol. The van der Waals surface area contributed by atoms with E-state index in [9.17, 15) is 0 Å². The molecule has 0 bridgehead atoms. The van der Waals surface area contributed by atoms with Crippen LogP contribution in [0.3, 0.4) is 0 Å². The summed E-state index contributed by atoms with van der Waals surface area (Å²) >= 11 is 0. The van der Waals surface area contributed by atoms with Gasteiger partial charge in [-0.2, -0.15) is 4.98 Å². The molecule has 31 heavy (non-hydrogen) atoms. The lowest BCUT2D eigenvalue weighted by atomic mass is 10.1. The topological polar surface area (TPSA) is 82.7 Å². The SMILES string of the molecule is CCCc1noc(-c2cccc(CNC(=NC)N3CCN(c4ccccn4)CC3)c2)n1. The van der Waals surface area contributed by atoms with Crippen molar-refractivity contribution in [1.82, 2.24) is 25.3 Å². The predicted octanol–water partition coefficient (Wildman–Crippen LogP) is 2.98. The second-order valence-corrected chi connectivity index (χ2v) is 7.53. The summed E-state index contributed by atoms with van der Waals surface area (Å²) in [6, 6.07) is 14.2. The number of aryl methyl sites for hydroxylation is 1. The molecule has 4 rings (SSSR count). The van der Waals surface area contributed by atoms with E-state index in [-0.39, 0.29) is 0 Å². The fourth-order valence-corrected chi connectivity index (χ4v) is 3.71. The molecule has 0 amide bonds. The molecule has 1 aliphatic rings. The highest BCUT2D eigenvalue weighted by atomic mass is 16.5. The van der Waals surface area contributed by atoms with E-state index in [0.29, 0.717) is 12.4 Å². The van der Waals surface area contributed by atoms with Crippen LogP contribution in [0.15, 0.2) is 58.2 Å². The van der Waals surface area contributed by atoms with Crippen molar-refractivity contribution in [3.05, 3.63) is 60.0 Å². The molecule has 8 heteroatoms. The highest BCUT2D eigenvalue weighted by Gasteiger charge is 2.20. The van der Waals surface area contributed by atoms with Crippen molar-refractivity contribution in [2.24, 2.45) is 4.99 Å². The zero-order valence-electron chi connectivity index (χ0n) is 18.2. The fraction of sp³-hybridized carbons (Fsp3) is 0.391. The van der Waals surface area contributed by atoms with Gasteiger partial charge in [0.2, 0.25) is 0 Å². The number of pyridine rings is 1. The normalized spacial score (nSPS) is 14.7. The molecule has 1 saturated heterocycles. The Hall–Kier alpha value is -3.42. The number of anilines is 1. The Morgan fingerprint density at radius 3 is 2.74 bits per heavy atom. The van der Waals surface area contributed by atoms with Crippen LogP contribution in [0.2, 0.25) is 0 Å². The monoisotopic (exact) mass is 419 g/mol. The summed E-state index contributed by atoms with van der Waals surface area (Å²) in [6.07, 6.45) is 3.67. The zero-order valence-corrected chi connectivity index (χ0v) is 18.2. The van der Waals surface area contributed by atoms with Gasteiger partial charge in [0.25, 0.3) is 5.89 Å². The maximum atomic E-state index is 5.42. The molecule has 2 aromatic heterocycles. The molecule has 8 nitrogen and oxygen atoms in total. The lowest BCUT2D eigenvalue weighted by Gasteiger charge is -2.37. The molecule has 1 N–H and O–H groups in total. The molecule has 0 unspecified atom stereocenters. The van der Waals surface area contributed by atoms with Crippen molar-refractivity contribution in [3.63, 3.8) is 0 Å². The van der Waals surface area contributed by atoms with E-state index in [2.05, 4.69) is 60.4 Å². The highest BCUT2D eigenvalue weighted by Crippen LogP contribution is 2.19. The van der Waals surface area contributed by atoms with Gasteiger partial charge in [0.15, 0.2) is 11.8 Å². The van der Waals surface area contributed by atoms with E-state index in [1.165, 1.54) is 0 Å². The first kappa shape index (κ1) is 20.8. The summed E-state index contributed by atoms with van der Waals surface area (Å²) in [5.74, 6) is 3.27. The summed E-state index contributed by atoms with van der Waals surface area (Å²) in [5, 5.41) is 7.54. The molecule has 3 aromatic rings. The van der Waals surface area contributed by atoms with Crippen LogP contribution in [0, 0.1) is 0 Å². The number of nitrogens with zero attached hydrogens (tertiary/aromatic N) is 6. The minimum atomic E-state index is 0.570. The summed E-state index contributed by atoms with van der Waals surface area (Å²) in [4.78, 5) is 18.0. The van der Waals surface area contributed by atoms with E-state index >= 15 is 0 Å². The van der Waals surface area contributed by atoms with Crippen LogP contribution in [0.4, 0.5) is 5.82 Å².